The van der Waals surface area contributed by atoms with Gasteiger partial charge in [-0.2, -0.15) is 9.41 Å². The van der Waals surface area contributed by atoms with Crippen molar-refractivity contribution in [3.8, 4) is 5.75 Å². The maximum Gasteiger partial charge on any atom is 0.255 e. The van der Waals surface area contributed by atoms with Crippen LogP contribution < -0.4 is 5.43 Å². The van der Waals surface area contributed by atoms with E-state index in [2.05, 4.69) is 10.5 Å². The van der Waals surface area contributed by atoms with Gasteiger partial charge in [-0.25, -0.2) is 13.8 Å². The number of benzene rings is 2. The minimum atomic E-state index is -3.81. The molecular weight excluding hydrogens is 402 g/mol. The second-order valence-corrected chi connectivity index (χ2v) is 9.43. The third-order valence-electron chi connectivity index (χ3n) is 5.18. The summed E-state index contributed by atoms with van der Waals surface area (Å²) in [6.45, 7) is 1.60. The predicted octanol–water partition coefficient (Wildman–Crippen LogP) is 3.17. The number of carbonyl (C=O) groups is 1. The number of hydrogen-bond acceptors (Lipinski definition) is 5. The first kappa shape index (κ1) is 22.0. The fraction of sp³-hybridized carbons (Fsp3) is 0.364. The summed E-state index contributed by atoms with van der Waals surface area (Å²) in [7, 11) is -3.81. The molecule has 8 heteroatoms. The number of rotatable bonds is 7. The van der Waals surface area contributed by atoms with E-state index in [1.165, 1.54) is 22.7 Å². The van der Waals surface area contributed by atoms with Crippen molar-refractivity contribution in [2.45, 2.75) is 50.0 Å². The summed E-state index contributed by atoms with van der Waals surface area (Å²) >= 11 is 0. The number of phenols is 1. The van der Waals surface area contributed by atoms with Gasteiger partial charge < -0.3 is 5.11 Å². The first-order valence-corrected chi connectivity index (χ1v) is 11.5. The number of aryl methyl sites for hydroxylation is 1. The highest BCUT2D eigenvalue weighted by Gasteiger charge is 2.33. The van der Waals surface area contributed by atoms with Crippen molar-refractivity contribution >= 4 is 22.1 Å². The number of aromatic hydroxyl groups is 1. The maximum absolute atomic E-state index is 13.3. The number of nitrogens with one attached hydrogen (secondary N) is 1. The van der Waals surface area contributed by atoms with Gasteiger partial charge in [-0.05, 0) is 49.6 Å². The molecule has 0 heterocycles. The van der Waals surface area contributed by atoms with Crippen LogP contribution >= 0.6 is 0 Å². The minimum absolute atomic E-state index is 0.0953. The Kier molecular flexibility index (Phi) is 7.23. The molecule has 1 amide bonds. The fourth-order valence-electron chi connectivity index (χ4n) is 3.59. The SMILES string of the molecule is Cc1ccc(S(=O)(=O)N(CC(=O)NN=Cc2cccc(O)c2)C2CCCCC2)cc1. The minimum Gasteiger partial charge on any atom is -0.508 e. The average Bonchev–Trinajstić information content (AvgIpc) is 2.73. The van der Waals surface area contributed by atoms with Crippen LogP contribution in [0, 0.1) is 6.92 Å². The standard InChI is InChI=1S/C22H27N3O4S/c1-17-10-12-21(13-11-17)30(28,29)25(19-7-3-2-4-8-19)16-22(27)24-23-15-18-6-5-9-20(26)14-18/h5-6,9-15,19,26H,2-4,7-8,16H2,1H3,(H,24,27). The lowest BCUT2D eigenvalue weighted by atomic mass is 9.95. The lowest BCUT2D eigenvalue weighted by molar-refractivity contribution is -0.121. The summed E-state index contributed by atoms with van der Waals surface area (Å²) in [5.41, 5.74) is 3.98. The molecule has 1 fully saturated rings. The molecule has 1 aliphatic carbocycles. The van der Waals surface area contributed by atoms with Gasteiger partial charge in [-0.1, -0.05) is 49.1 Å². The highest BCUT2D eigenvalue weighted by atomic mass is 32.2. The van der Waals surface area contributed by atoms with Crippen molar-refractivity contribution in [3.05, 3.63) is 59.7 Å². The first-order valence-electron chi connectivity index (χ1n) is 10.1. The number of nitrogens with zero attached hydrogens (tertiary/aromatic N) is 2. The molecule has 160 valence electrons. The van der Waals surface area contributed by atoms with E-state index in [1.807, 2.05) is 6.92 Å². The molecule has 7 nitrogen and oxygen atoms in total. The Morgan fingerprint density at radius 2 is 1.87 bits per heavy atom. The maximum atomic E-state index is 13.3. The molecule has 0 saturated heterocycles. The van der Waals surface area contributed by atoms with Crippen molar-refractivity contribution in [1.29, 1.82) is 0 Å². The van der Waals surface area contributed by atoms with Gasteiger partial charge in [0.05, 0.1) is 17.7 Å². The zero-order valence-corrected chi connectivity index (χ0v) is 17.8. The van der Waals surface area contributed by atoms with E-state index >= 15 is 0 Å². The van der Waals surface area contributed by atoms with E-state index < -0.39 is 15.9 Å². The highest BCUT2D eigenvalue weighted by molar-refractivity contribution is 7.89. The zero-order valence-electron chi connectivity index (χ0n) is 17.0. The van der Waals surface area contributed by atoms with Crippen LogP contribution in [0.25, 0.3) is 0 Å². The second kappa shape index (κ2) is 9.86. The summed E-state index contributed by atoms with van der Waals surface area (Å²) < 4.78 is 27.9. The number of amides is 1. The van der Waals surface area contributed by atoms with Crippen LogP contribution in [0.5, 0.6) is 5.75 Å². The Morgan fingerprint density at radius 1 is 1.17 bits per heavy atom. The van der Waals surface area contributed by atoms with E-state index in [4.69, 9.17) is 0 Å². The van der Waals surface area contributed by atoms with E-state index in [1.54, 1.807) is 36.4 Å². The lowest BCUT2D eigenvalue weighted by Crippen LogP contribution is -2.46. The van der Waals surface area contributed by atoms with Gasteiger partial charge in [0.2, 0.25) is 10.0 Å². The number of phenolic OH excluding ortho intramolecular Hbond substituents is 1. The number of hydrogen-bond donors (Lipinski definition) is 2. The van der Waals surface area contributed by atoms with Gasteiger partial charge in [-0.3, -0.25) is 4.79 Å². The molecule has 0 aromatic heterocycles. The number of sulfonamides is 1. The van der Waals surface area contributed by atoms with Crippen molar-refractivity contribution < 1.29 is 18.3 Å². The van der Waals surface area contributed by atoms with Gasteiger partial charge in [-0.15, -0.1) is 0 Å². The monoisotopic (exact) mass is 429 g/mol. The van der Waals surface area contributed by atoms with Crippen LogP contribution in [0.15, 0.2) is 58.5 Å². The molecule has 0 bridgehead atoms. The van der Waals surface area contributed by atoms with Gasteiger partial charge in [0.15, 0.2) is 0 Å². The third-order valence-corrected chi connectivity index (χ3v) is 7.09. The summed E-state index contributed by atoms with van der Waals surface area (Å²) in [4.78, 5) is 12.7. The Balaban J connectivity index is 1.75. The Labute approximate surface area is 177 Å². The van der Waals surface area contributed by atoms with E-state index in [-0.39, 0.29) is 23.2 Å². The molecule has 0 aliphatic heterocycles. The van der Waals surface area contributed by atoms with Crippen molar-refractivity contribution in [2.75, 3.05) is 6.54 Å². The van der Waals surface area contributed by atoms with E-state index in [0.717, 1.165) is 37.7 Å². The van der Waals surface area contributed by atoms with Crippen LogP contribution in [0.1, 0.15) is 43.2 Å². The van der Waals surface area contributed by atoms with Gasteiger partial charge >= 0.3 is 0 Å². The molecule has 2 N–H and O–H groups in total. The van der Waals surface area contributed by atoms with E-state index in [0.29, 0.717) is 5.56 Å². The zero-order chi connectivity index (χ0) is 21.6. The molecule has 2 aromatic rings. The summed E-state index contributed by atoms with van der Waals surface area (Å²) in [6, 6.07) is 12.9. The normalized spacial score (nSPS) is 15.5. The smallest absolute Gasteiger partial charge is 0.255 e. The van der Waals surface area contributed by atoms with Crippen LogP contribution in [-0.4, -0.2) is 42.5 Å². The number of carbonyl (C=O) groups excluding carboxylic acids is 1. The molecule has 0 unspecified atom stereocenters. The highest BCUT2D eigenvalue weighted by Crippen LogP contribution is 2.27. The molecule has 0 spiro atoms. The molecule has 0 atom stereocenters. The molecule has 1 aliphatic rings. The molecular formula is C22H27N3O4S. The molecule has 30 heavy (non-hydrogen) atoms. The van der Waals surface area contributed by atoms with E-state index in [9.17, 15) is 18.3 Å². The van der Waals surface area contributed by atoms with Gasteiger partial charge in [0.25, 0.3) is 5.91 Å². The van der Waals surface area contributed by atoms with Gasteiger partial charge in [0.1, 0.15) is 5.75 Å². The molecule has 3 rings (SSSR count). The largest absolute Gasteiger partial charge is 0.508 e. The Hall–Kier alpha value is -2.71. The van der Waals surface area contributed by atoms with Crippen LogP contribution in [0.4, 0.5) is 0 Å². The quantitative estimate of drug-likeness (QED) is 0.522. The average molecular weight is 430 g/mol. The first-order chi connectivity index (χ1) is 14.4. The molecule has 1 saturated carbocycles. The predicted molar refractivity (Wildman–Crippen MR) is 116 cm³/mol. The van der Waals surface area contributed by atoms with Gasteiger partial charge in [0, 0.05) is 6.04 Å². The molecule has 0 radical (unpaired) electrons. The lowest BCUT2D eigenvalue weighted by Gasteiger charge is -2.32. The van der Waals surface area contributed by atoms with Crippen molar-refractivity contribution in [1.82, 2.24) is 9.73 Å². The Bertz CT molecular complexity index is 997. The summed E-state index contributed by atoms with van der Waals surface area (Å²) in [5.74, 6) is -0.411. The van der Waals surface area contributed by atoms with Crippen molar-refractivity contribution in [3.63, 3.8) is 0 Å². The van der Waals surface area contributed by atoms with Crippen LogP contribution in [0.2, 0.25) is 0 Å². The number of hydrazone groups is 1. The Morgan fingerprint density at radius 3 is 2.53 bits per heavy atom. The summed E-state index contributed by atoms with van der Waals surface area (Å²) in [5, 5.41) is 13.4. The fourth-order valence-corrected chi connectivity index (χ4v) is 5.23. The molecule has 2 aromatic carbocycles. The van der Waals surface area contributed by atoms with Crippen LogP contribution in [0.3, 0.4) is 0 Å². The van der Waals surface area contributed by atoms with Crippen molar-refractivity contribution in [2.24, 2.45) is 5.10 Å². The summed E-state index contributed by atoms with van der Waals surface area (Å²) in [6.07, 6.45) is 5.85. The third kappa shape index (κ3) is 5.67. The topological polar surface area (TPSA) is 99.1 Å². The van der Waals surface area contributed by atoms with Crippen LogP contribution in [-0.2, 0) is 14.8 Å². The second-order valence-electron chi connectivity index (χ2n) is 7.54.